The second-order valence-corrected chi connectivity index (χ2v) is 9.92. The quantitative estimate of drug-likeness (QED) is 0.224. The fourth-order valence-electron chi connectivity index (χ4n) is 4.66. The maximum absolute atomic E-state index is 15.0. The summed E-state index contributed by atoms with van der Waals surface area (Å²) in [6, 6.07) is 7.34. The number of pyridine rings is 2. The SMILES string of the molecule is C=N/C(=C\c1nnnn1C)Oc1ccc(Nc2c(C#N)cnc3cnc(OC)c(O[C@H]4CCN(C)CC4(F)F)c23)cc1C. The molecule has 1 aliphatic rings. The van der Waals surface area contributed by atoms with Gasteiger partial charge in [0.2, 0.25) is 5.88 Å². The molecular weight excluding hydrogens is 562 g/mol. The van der Waals surface area contributed by atoms with Crippen LogP contribution in [0, 0.1) is 18.3 Å². The van der Waals surface area contributed by atoms with E-state index in [1.54, 1.807) is 37.2 Å². The number of tetrazole rings is 1. The zero-order valence-corrected chi connectivity index (χ0v) is 23.9. The lowest BCUT2D eigenvalue weighted by Gasteiger charge is -2.36. The average molecular weight is 591 g/mol. The first-order valence-corrected chi connectivity index (χ1v) is 13.1. The molecule has 0 amide bonds. The van der Waals surface area contributed by atoms with Crippen LogP contribution in [-0.4, -0.2) is 81.1 Å². The Balaban J connectivity index is 1.52. The van der Waals surface area contributed by atoms with Gasteiger partial charge < -0.3 is 24.4 Å². The first-order chi connectivity index (χ1) is 20.6. The molecule has 1 atom stereocenters. The number of alkyl halides is 2. The van der Waals surface area contributed by atoms with E-state index in [0.29, 0.717) is 40.6 Å². The number of likely N-dealkylation sites (tertiary alicyclic amines) is 1. The molecular formula is C28H28F2N10O3. The normalized spacial score (nSPS) is 16.9. The number of halogens is 2. The van der Waals surface area contributed by atoms with Gasteiger partial charge in [0.25, 0.3) is 11.8 Å². The molecule has 1 aromatic carbocycles. The first-order valence-electron chi connectivity index (χ1n) is 13.1. The van der Waals surface area contributed by atoms with Gasteiger partial charge in [-0.25, -0.2) is 23.4 Å². The summed E-state index contributed by atoms with van der Waals surface area (Å²) in [6.45, 7) is 5.35. The number of hydrogen-bond acceptors (Lipinski definition) is 12. The molecule has 0 radical (unpaired) electrons. The van der Waals surface area contributed by atoms with Crippen LogP contribution in [0.3, 0.4) is 0 Å². The third-order valence-electron chi connectivity index (χ3n) is 6.85. The van der Waals surface area contributed by atoms with Crippen molar-refractivity contribution >= 4 is 35.1 Å². The number of hydrogen-bond donors (Lipinski definition) is 1. The lowest BCUT2D eigenvalue weighted by molar-refractivity contribution is -0.135. The Labute approximate surface area is 245 Å². The van der Waals surface area contributed by atoms with Gasteiger partial charge in [-0.15, -0.1) is 5.10 Å². The van der Waals surface area contributed by atoms with E-state index in [2.05, 4.69) is 48.6 Å². The minimum absolute atomic E-state index is 0.00329. The molecule has 1 aliphatic heterocycles. The van der Waals surface area contributed by atoms with Crippen molar-refractivity contribution in [1.82, 2.24) is 35.1 Å². The van der Waals surface area contributed by atoms with Gasteiger partial charge in [0.05, 0.1) is 42.0 Å². The van der Waals surface area contributed by atoms with Gasteiger partial charge in [0.15, 0.2) is 17.7 Å². The van der Waals surface area contributed by atoms with Crippen LogP contribution in [0.15, 0.2) is 41.5 Å². The molecule has 3 aromatic heterocycles. The van der Waals surface area contributed by atoms with Crippen LogP contribution in [0.4, 0.5) is 20.2 Å². The van der Waals surface area contributed by atoms with Crippen LogP contribution in [-0.2, 0) is 7.05 Å². The molecule has 222 valence electrons. The number of anilines is 2. The summed E-state index contributed by atoms with van der Waals surface area (Å²) in [5.74, 6) is -2.07. The summed E-state index contributed by atoms with van der Waals surface area (Å²) in [7, 11) is 4.68. The van der Waals surface area contributed by atoms with Gasteiger partial charge in [-0.05, 0) is 54.9 Å². The van der Waals surface area contributed by atoms with Crippen molar-refractivity contribution in [2.24, 2.45) is 12.0 Å². The molecule has 0 aliphatic carbocycles. The molecule has 4 heterocycles. The highest BCUT2D eigenvalue weighted by molar-refractivity contribution is 6.01. The van der Waals surface area contributed by atoms with Crippen molar-refractivity contribution in [3.05, 3.63) is 53.4 Å². The Morgan fingerprint density at radius 2 is 2.09 bits per heavy atom. The van der Waals surface area contributed by atoms with Gasteiger partial charge in [0.1, 0.15) is 11.8 Å². The number of fused-ring (bicyclic) bond motifs is 1. The molecule has 4 aromatic rings. The molecule has 0 spiro atoms. The number of aromatic nitrogens is 6. The van der Waals surface area contributed by atoms with Gasteiger partial charge in [-0.2, -0.15) is 5.26 Å². The first kappa shape index (κ1) is 29.3. The molecule has 43 heavy (non-hydrogen) atoms. The van der Waals surface area contributed by atoms with E-state index in [1.807, 2.05) is 6.92 Å². The summed E-state index contributed by atoms with van der Waals surface area (Å²) in [6.07, 6.45) is 3.01. The Kier molecular flexibility index (Phi) is 8.13. The monoisotopic (exact) mass is 590 g/mol. The topological polar surface area (TPSA) is 148 Å². The van der Waals surface area contributed by atoms with Gasteiger partial charge >= 0.3 is 0 Å². The lowest BCUT2D eigenvalue weighted by atomic mass is 10.0. The number of nitrogens with one attached hydrogen (secondary N) is 1. The van der Waals surface area contributed by atoms with E-state index in [-0.39, 0.29) is 34.9 Å². The Bertz CT molecular complexity index is 1750. The third-order valence-corrected chi connectivity index (χ3v) is 6.85. The maximum atomic E-state index is 15.0. The predicted molar refractivity (Wildman–Crippen MR) is 154 cm³/mol. The van der Waals surface area contributed by atoms with E-state index in [4.69, 9.17) is 14.2 Å². The number of aryl methyl sites for hydroxylation is 2. The zero-order chi connectivity index (χ0) is 30.7. The van der Waals surface area contributed by atoms with E-state index in [9.17, 15) is 5.26 Å². The summed E-state index contributed by atoms with van der Waals surface area (Å²) in [5, 5.41) is 24.7. The van der Waals surface area contributed by atoms with Crippen molar-refractivity contribution in [2.75, 3.05) is 32.6 Å². The van der Waals surface area contributed by atoms with Crippen LogP contribution in [0.5, 0.6) is 17.4 Å². The number of nitrogens with zero attached hydrogens (tertiary/aromatic N) is 9. The minimum Gasteiger partial charge on any atom is -0.478 e. The van der Waals surface area contributed by atoms with Crippen molar-refractivity contribution in [3.63, 3.8) is 0 Å². The molecule has 1 fully saturated rings. The minimum atomic E-state index is -3.13. The fourth-order valence-corrected chi connectivity index (χ4v) is 4.66. The molecule has 5 rings (SSSR count). The molecule has 0 bridgehead atoms. The molecule has 1 N–H and O–H groups in total. The van der Waals surface area contributed by atoms with Crippen LogP contribution in [0.2, 0.25) is 0 Å². The lowest BCUT2D eigenvalue weighted by Crippen LogP contribution is -2.52. The second kappa shape index (κ2) is 11.9. The maximum Gasteiger partial charge on any atom is 0.296 e. The number of methoxy groups -OCH3 is 1. The number of aliphatic imine (C=N–C) groups is 1. The highest BCUT2D eigenvalue weighted by atomic mass is 19.3. The Hall–Kier alpha value is -5.23. The summed E-state index contributed by atoms with van der Waals surface area (Å²) >= 11 is 0. The van der Waals surface area contributed by atoms with Crippen LogP contribution < -0.4 is 19.5 Å². The Morgan fingerprint density at radius 3 is 2.74 bits per heavy atom. The third kappa shape index (κ3) is 6.04. The highest BCUT2D eigenvalue weighted by Crippen LogP contribution is 2.43. The van der Waals surface area contributed by atoms with Crippen LogP contribution >= 0.6 is 0 Å². The number of ether oxygens (including phenoxy) is 3. The van der Waals surface area contributed by atoms with Gasteiger partial charge in [0, 0.05) is 38.0 Å². The highest BCUT2D eigenvalue weighted by Gasteiger charge is 2.46. The largest absolute Gasteiger partial charge is 0.478 e. The van der Waals surface area contributed by atoms with Gasteiger partial charge in [-0.1, -0.05) is 0 Å². The number of rotatable bonds is 9. The van der Waals surface area contributed by atoms with Crippen molar-refractivity contribution in [1.29, 1.82) is 5.26 Å². The van der Waals surface area contributed by atoms with E-state index < -0.39 is 18.6 Å². The number of piperidine rings is 1. The second-order valence-electron chi connectivity index (χ2n) is 9.92. The molecule has 13 nitrogen and oxygen atoms in total. The molecule has 15 heteroatoms. The molecule has 0 saturated carbocycles. The summed E-state index contributed by atoms with van der Waals surface area (Å²) < 4.78 is 48.8. The van der Waals surface area contributed by atoms with Crippen molar-refractivity contribution in [3.8, 4) is 23.4 Å². The summed E-state index contributed by atoms with van der Waals surface area (Å²) in [4.78, 5) is 14.0. The zero-order valence-electron chi connectivity index (χ0n) is 23.9. The number of benzene rings is 1. The van der Waals surface area contributed by atoms with Crippen LogP contribution in [0.25, 0.3) is 17.0 Å². The molecule has 0 unspecified atom stereocenters. The fraction of sp³-hybridized carbons (Fsp3) is 0.321. The average Bonchev–Trinajstić information content (AvgIpc) is 3.38. The predicted octanol–water partition coefficient (Wildman–Crippen LogP) is 3.88. The Morgan fingerprint density at radius 1 is 1.28 bits per heavy atom. The smallest absolute Gasteiger partial charge is 0.296 e. The van der Waals surface area contributed by atoms with E-state index in [1.165, 1.54) is 30.3 Å². The summed E-state index contributed by atoms with van der Waals surface area (Å²) in [5.41, 5.74) is 2.09. The number of nitriles is 1. The van der Waals surface area contributed by atoms with Crippen LogP contribution in [0.1, 0.15) is 23.4 Å². The van der Waals surface area contributed by atoms with Gasteiger partial charge in [-0.3, -0.25) is 4.98 Å². The van der Waals surface area contributed by atoms with E-state index >= 15 is 8.78 Å². The van der Waals surface area contributed by atoms with Crippen molar-refractivity contribution < 1.29 is 23.0 Å². The van der Waals surface area contributed by atoms with Crippen molar-refractivity contribution in [2.45, 2.75) is 25.4 Å². The molecule has 1 saturated heterocycles. The van der Waals surface area contributed by atoms with E-state index in [0.717, 1.165) is 0 Å². The standard InChI is InChI=1S/C28H28F2N10O3/c1-16-10-18(6-7-20(16)42-23(32-2)11-22-36-37-38-40(22)4)35-25-17(12-31)13-33-19-14-34-27(41-5)26(24(19)25)43-21-8-9-39(3)15-28(21,29)30/h6-7,10-11,13-14,21H,2,8-9,15H2,1,3-5H3,(H,33,35)/b23-11+/t21-/m0/s1.